The number of hydrogen-bond acceptors (Lipinski definition) is 4. The lowest BCUT2D eigenvalue weighted by Gasteiger charge is -2.07. The maximum atomic E-state index is 12.3. The fourth-order valence-electron chi connectivity index (χ4n) is 2.55. The van der Waals surface area contributed by atoms with E-state index in [1.807, 2.05) is 55.5 Å². The molecule has 0 aliphatic heterocycles. The highest BCUT2D eigenvalue weighted by Gasteiger charge is 2.05. The third-order valence-electron chi connectivity index (χ3n) is 4.02. The summed E-state index contributed by atoms with van der Waals surface area (Å²) < 4.78 is 11.3. The fourth-order valence-corrected chi connectivity index (χ4v) is 2.67. The molecule has 0 saturated carbocycles. The van der Waals surface area contributed by atoms with Gasteiger partial charge in [-0.1, -0.05) is 35.9 Å². The minimum Gasteiger partial charge on any atom is -0.493 e. The van der Waals surface area contributed by atoms with Crippen LogP contribution < -0.4 is 14.9 Å². The van der Waals surface area contributed by atoms with Crippen LogP contribution in [0.3, 0.4) is 0 Å². The van der Waals surface area contributed by atoms with Crippen LogP contribution >= 0.6 is 11.6 Å². The van der Waals surface area contributed by atoms with Gasteiger partial charge in [-0.2, -0.15) is 5.10 Å². The molecule has 0 radical (unpaired) electrons. The number of carbonyl (C=O) groups is 1. The first kappa shape index (κ1) is 20.4. The molecule has 0 aromatic heterocycles. The Morgan fingerprint density at radius 1 is 1.00 bits per heavy atom. The molecule has 3 aromatic rings. The molecule has 6 heteroatoms. The molecule has 29 heavy (non-hydrogen) atoms. The van der Waals surface area contributed by atoms with Gasteiger partial charge in [0.25, 0.3) is 5.91 Å². The highest BCUT2D eigenvalue weighted by Crippen LogP contribution is 2.17. The second-order valence-corrected chi connectivity index (χ2v) is 6.55. The van der Waals surface area contributed by atoms with Gasteiger partial charge in [-0.05, 0) is 61.0 Å². The average molecular weight is 409 g/mol. The normalized spacial score (nSPS) is 10.7. The number of carbonyl (C=O) groups excluding carboxylic acids is 1. The first-order valence-electron chi connectivity index (χ1n) is 9.18. The first-order chi connectivity index (χ1) is 14.2. The van der Waals surface area contributed by atoms with Crippen molar-refractivity contribution >= 4 is 23.7 Å². The topological polar surface area (TPSA) is 59.9 Å². The lowest BCUT2D eigenvalue weighted by atomic mass is 10.2. The van der Waals surface area contributed by atoms with Crippen LogP contribution in [0.15, 0.2) is 77.9 Å². The summed E-state index contributed by atoms with van der Waals surface area (Å²) in [6.45, 7) is 2.90. The third-order valence-corrected chi connectivity index (χ3v) is 4.28. The van der Waals surface area contributed by atoms with Gasteiger partial charge in [0, 0.05) is 16.1 Å². The van der Waals surface area contributed by atoms with E-state index in [-0.39, 0.29) is 5.91 Å². The summed E-state index contributed by atoms with van der Waals surface area (Å²) in [4.78, 5) is 12.3. The van der Waals surface area contributed by atoms with Crippen molar-refractivity contribution in [2.75, 3.05) is 6.61 Å². The van der Waals surface area contributed by atoms with Crippen molar-refractivity contribution in [3.63, 3.8) is 0 Å². The molecule has 0 atom stereocenters. The van der Waals surface area contributed by atoms with Crippen molar-refractivity contribution in [3.05, 3.63) is 94.5 Å². The fraction of sp³-hybridized carbons (Fsp3) is 0.130. The van der Waals surface area contributed by atoms with E-state index in [1.165, 1.54) is 0 Å². The molecule has 1 amide bonds. The van der Waals surface area contributed by atoms with Gasteiger partial charge in [0.05, 0.1) is 12.8 Å². The standard InChI is InChI=1S/C23H21ClN2O3/c1-2-28-22-6-4-3-5-19(22)15-25-26-23(27)18-9-13-21(14-10-18)29-16-17-7-11-20(24)12-8-17/h3-15H,2,16H2,1H3,(H,26,27)/b25-15+. The second kappa shape index (κ2) is 10.3. The number of rotatable bonds is 8. The van der Waals surface area contributed by atoms with Gasteiger partial charge in [0.2, 0.25) is 0 Å². The van der Waals surface area contributed by atoms with Crippen LogP contribution in [0.4, 0.5) is 0 Å². The Hall–Kier alpha value is -3.31. The van der Waals surface area contributed by atoms with Gasteiger partial charge in [-0.15, -0.1) is 0 Å². The van der Waals surface area contributed by atoms with E-state index in [4.69, 9.17) is 21.1 Å². The van der Waals surface area contributed by atoms with Crippen molar-refractivity contribution in [2.45, 2.75) is 13.5 Å². The van der Waals surface area contributed by atoms with E-state index in [9.17, 15) is 4.79 Å². The van der Waals surface area contributed by atoms with E-state index >= 15 is 0 Å². The predicted octanol–water partition coefficient (Wildman–Crippen LogP) is 5.08. The molecule has 0 aliphatic rings. The molecule has 0 bridgehead atoms. The summed E-state index contributed by atoms with van der Waals surface area (Å²) in [7, 11) is 0. The summed E-state index contributed by atoms with van der Waals surface area (Å²) in [5.41, 5.74) is 4.81. The molecule has 0 aliphatic carbocycles. The molecule has 0 spiro atoms. The largest absolute Gasteiger partial charge is 0.493 e. The van der Waals surface area contributed by atoms with E-state index < -0.39 is 0 Å². The summed E-state index contributed by atoms with van der Waals surface area (Å²) in [6.07, 6.45) is 1.56. The quantitative estimate of drug-likeness (QED) is 0.417. The average Bonchev–Trinajstić information content (AvgIpc) is 2.75. The van der Waals surface area contributed by atoms with Crippen molar-refractivity contribution in [1.82, 2.24) is 5.43 Å². The van der Waals surface area contributed by atoms with Gasteiger partial charge in [0.1, 0.15) is 18.1 Å². The van der Waals surface area contributed by atoms with Crippen LogP contribution in [0.5, 0.6) is 11.5 Å². The second-order valence-electron chi connectivity index (χ2n) is 6.11. The predicted molar refractivity (Wildman–Crippen MR) is 115 cm³/mol. The summed E-state index contributed by atoms with van der Waals surface area (Å²) in [5.74, 6) is 1.08. The SMILES string of the molecule is CCOc1ccccc1/C=N/NC(=O)c1ccc(OCc2ccc(Cl)cc2)cc1. The lowest BCUT2D eigenvalue weighted by molar-refractivity contribution is 0.0955. The molecular formula is C23H21ClN2O3. The summed E-state index contributed by atoms with van der Waals surface area (Å²) >= 11 is 5.87. The van der Waals surface area contributed by atoms with Crippen LogP contribution in [-0.4, -0.2) is 18.7 Å². The summed E-state index contributed by atoms with van der Waals surface area (Å²) in [6, 6.07) is 21.8. The Balaban J connectivity index is 1.54. The molecule has 148 valence electrons. The van der Waals surface area contributed by atoms with Crippen LogP contribution in [0.25, 0.3) is 0 Å². The number of hydrogen-bond donors (Lipinski definition) is 1. The van der Waals surface area contributed by atoms with Crippen molar-refractivity contribution in [1.29, 1.82) is 0 Å². The van der Waals surface area contributed by atoms with Crippen LogP contribution in [0.2, 0.25) is 5.02 Å². The molecule has 5 nitrogen and oxygen atoms in total. The Morgan fingerprint density at radius 3 is 2.45 bits per heavy atom. The minimum absolute atomic E-state index is 0.306. The molecule has 0 fully saturated rings. The zero-order chi connectivity index (χ0) is 20.5. The monoisotopic (exact) mass is 408 g/mol. The molecule has 3 rings (SSSR count). The van der Waals surface area contributed by atoms with Crippen LogP contribution in [0.1, 0.15) is 28.4 Å². The van der Waals surface area contributed by atoms with E-state index in [1.54, 1.807) is 30.5 Å². The Kier molecular flexibility index (Phi) is 7.25. The molecular weight excluding hydrogens is 388 g/mol. The summed E-state index contributed by atoms with van der Waals surface area (Å²) in [5, 5.41) is 4.71. The zero-order valence-corrected chi connectivity index (χ0v) is 16.7. The number of para-hydroxylation sites is 1. The molecule has 0 saturated heterocycles. The molecule has 3 aromatic carbocycles. The van der Waals surface area contributed by atoms with E-state index in [0.29, 0.717) is 29.5 Å². The van der Waals surface area contributed by atoms with Crippen molar-refractivity contribution in [2.24, 2.45) is 5.10 Å². The van der Waals surface area contributed by atoms with Gasteiger partial charge < -0.3 is 9.47 Å². The van der Waals surface area contributed by atoms with Crippen molar-refractivity contribution < 1.29 is 14.3 Å². The van der Waals surface area contributed by atoms with Gasteiger partial charge in [-0.25, -0.2) is 5.43 Å². The number of benzene rings is 3. The molecule has 0 heterocycles. The molecule has 1 N–H and O–H groups in total. The highest BCUT2D eigenvalue weighted by atomic mass is 35.5. The third kappa shape index (κ3) is 6.09. The Bertz CT molecular complexity index is 970. The Labute approximate surface area is 174 Å². The van der Waals surface area contributed by atoms with E-state index in [2.05, 4.69) is 10.5 Å². The van der Waals surface area contributed by atoms with E-state index in [0.717, 1.165) is 16.9 Å². The number of hydrazone groups is 1. The smallest absolute Gasteiger partial charge is 0.271 e. The lowest BCUT2D eigenvalue weighted by Crippen LogP contribution is -2.17. The maximum absolute atomic E-state index is 12.3. The van der Waals surface area contributed by atoms with Crippen LogP contribution in [0, 0.1) is 0 Å². The zero-order valence-electron chi connectivity index (χ0n) is 16.0. The number of halogens is 1. The maximum Gasteiger partial charge on any atom is 0.271 e. The number of nitrogens with zero attached hydrogens (tertiary/aromatic N) is 1. The van der Waals surface area contributed by atoms with Gasteiger partial charge >= 0.3 is 0 Å². The van der Waals surface area contributed by atoms with Gasteiger partial charge in [-0.3, -0.25) is 4.79 Å². The Morgan fingerprint density at radius 2 is 1.72 bits per heavy atom. The minimum atomic E-state index is -0.306. The molecule has 0 unspecified atom stereocenters. The van der Waals surface area contributed by atoms with Crippen molar-refractivity contribution in [3.8, 4) is 11.5 Å². The highest BCUT2D eigenvalue weighted by molar-refractivity contribution is 6.30. The first-order valence-corrected chi connectivity index (χ1v) is 9.56. The number of ether oxygens (including phenoxy) is 2. The van der Waals surface area contributed by atoms with Gasteiger partial charge in [0.15, 0.2) is 0 Å². The van der Waals surface area contributed by atoms with Crippen LogP contribution in [-0.2, 0) is 6.61 Å². The number of nitrogens with one attached hydrogen (secondary N) is 1. The number of amides is 1.